The van der Waals surface area contributed by atoms with Crippen molar-refractivity contribution in [1.82, 2.24) is 5.32 Å². The fourth-order valence-corrected chi connectivity index (χ4v) is 5.61. The summed E-state index contributed by atoms with van der Waals surface area (Å²) in [5.74, 6) is -0.479. The standard InChI is InChI=1S/C20H31NO4Si/c1-8-15(26(6,7)16-12-10-9-11-13-16)14-17(18(22)24-5)21-19(23)25-20(2,3)4/h8-13,17H,14H2,1-7H3,(H,21,23)/b15-8+. The van der Waals surface area contributed by atoms with E-state index < -0.39 is 31.8 Å². The molecule has 0 aliphatic carbocycles. The monoisotopic (exact) mass is 377 g/mol. The molecule has 0 fully saturated rings. The summed E-state index contributed by atoms with van der Waals surface area (Å²) in [5.41, 5.74) is -0.633. The Labute approximate surface area is 157 Å². The molecule has 1 N–H and O–H groups in total. The molecule has 5 nitrogen and oxygen atoms in total. The molecule has 0 aromatic heterocycles. The molecule has 0 spiro atoms. The lowest BCUT2D eigenvalue weighted by Gasteiger charge is -2.29. The highest BCUT2D eigenvalue weighted by Gasteiger charge is 2.33. The van der Waals surface area contributed by atoms with Crippen molar-refractivity contribution >= 4 is 25.3 Å². The third-order valence-electron chi connectivity index (χ3n) is 4.25. The van der Waals surface area contributed by atoms with E-state index >= 15 is 0 Å². The van der Waals surface area contributed by atoms with Gasteiger partial charge >= 0.3 is 12.1 Å². The predicted octanol–water partition coefficient (Wildman–Crippen LogP) is 3.54. The second-order valence-electron chi connectivity index (χ2n) is 7.73. The van der Waals surface area contributed by atoms with Crippen LogP contribution in [0.4, 0.5) is 4.79 Å². The van der Waals surface area contributed by atoms with E-state index in [-0.39, 0.29) is 0 Å². The normalized spacial score (nSPS) is 13.7. The molecule has 0 radical (unpaired) electrons. The zero-order valence-corrected chi connectivity index (χ0v) is 17.9. The molecule has 144 valence electrons. The highest BCUT2D eigenvalue weighted by atomic mass is 28.3. The van der Waals surface area contributed by atoms with Gasteiger partial charge in [-0.05, 0) is 34.1 Å². The van der Waals surface area contributed by atoms with E-state index in [0.717, 1.165) is 5.20 Å². The number of methoxy groups -OCH3 is 1. The van der Waals surface area contributed by atoms with Gasteiger partial charge in [-0.25, -0.2) is 9.59 Å². The Balaban J connectivity index is 3.01. The third kappa shape index (κ3) is 6.33. The van der Waals surface area contributed by atoms with Gasteiger partial charge in [0.15, 0.2) is 0 Å². The lowest BCUT2D eigenvalue weighted by Crippen LogP contribution is -2.49. The number of allylic oxidation sites excluding steroid dienone is 1. The molecule has 0 bridgehead atoms. The molecule has 1 unspecified atom stereocenters. The maximum Gasteiger partial charge on any atom is 0.408 e. The number of carbonyl (C=O) groups excluding carboxylic acids is 2. The van der Waals surface area contributed by atoms with Crippen LogP contribution in [0.25, 0.3) is 0 Å². The van der Waals surface area contributed by atoms with Crippen LogP contribution in [0.2, 0.25) is 13.1 Å². The summed E-state index contributed by atoms with van der Waals surface area (Å²) in [6, 6.07) is 9.48. The van der Waals surface area contributed by atoms with Gasteiger partial charge < -0.3 is 14.8 Å². The maximum absolute atomic E-state index is 12.2. The largest absolute Gasteiger partial charge is 0.467 e. The van der Waals surface area contributed by atoms with Gasteiger partial charge in [-0.1, -0.05) is 59.9 Å². The van der Waals surface area contributed by atoms with Gasteiger partial charge in [-0.3, -0.25) is 0 Å². The third-order valence-corrected chi connectivity index (χ3v) is 8.12. The van der Waals surface area contributed by atoms with E-state index in [1.165, 1.54) is 12.3 Å². The smallest absolute Gasteiger partial charge is 0.408 e. The molecule has 0 saturated carbocycles. The molecule has 1 rings (SSSR count). The van der Waals surface area contributed by atoms with E-state index in [1.54, 1.807) is 20.8 Å². The first-order valence-electron chi connectivity index (χ1n) is 8.79. The van der Waals surface area contributed by atoms with E-state index in [4.69, 9.17) is 9.47 Å². The van der Waals surface area contributed by atoms with Crippen LogP contribution in [-0.4, -0.2) is 38.9 Å². The number of esters is 1. The Morgan fingerprint density at radius 2 is 1.77 bits per heavy atom. The van der Waals surface area contributed by atoms with Gasteiger partial charge in [-0.2, -0.15) is 0 Å². The number of benzene rings is 1. The van der Waals surface area contributed by atoms with Crippen molar-refractivity contribution in [2.75, 3.05) is 7.11 Å². The van der Waals surface area contributed by atoms with Crippen LogP contribution in [0, 0.1) is 0 Å². The molecule has 6 heteroatoms. The van der Waals surface area contributed by atoms with Crippen molar-refractivity contribution in [1.29, 1.82) is 0 Å². The predicted molar refractivity (Wildman–Crippen MR) is 107 cm³/mol. The molecule has 0 aliphatic heterocycles. The first-order chi connectivity index (χ1) is 12.0. The Kier molecular flexibility index (Phi) is 7.63. The summed E-state index contributed by atoms with van der Waals surface area (Å²) in [5, 5.41) is 5.09. The summed E-state index contributed by atoms with van der Waals surface area (Å²) >= 11 is 0. The molecular weight excluding hydrogens is 346 g/mol. The molecule has 0 aliphatic rings. The lowest BCUT2D eigenvalue weighted by atomic mass is 10.2. The van der Waals surface area contributed by atoms with Gasteiger partial charge in [-0.15, -0.1) is 0 Å². The average Bonchev–Trinajstić information content (AvgIpc) is 2.56. The van der Waals surface area contributed by atoms with Crippen LogP contribution < -0.4 is 10.5 Å². The molecule has 1 amide bonds. The molecule has 0 saturated heterocycles. The quantitative estimate of drug-likeness (QED) is 0.608. The minimum absolute atomic E-state index is 0.399. The Morgan fingerprint density at radius 3 is 2.23 bits per heavy atom. The zero-order chi connectivity index (χ0) is 20.0. The summed E-state index contributed by atoms with van der Waals surface area (Å²) in [7, 11) is -0.646. The van der Waals surface area contributed by atoms with Crippen molar-refractivity contribution in [3.8, 4) is 0 Å². The molecule has 1 atom stereocenters. The zero-order valence-electron chi connectivity index (χ0n) is 16.9. The molecule has 1 aromatic rings. The Bertz CT molecular complexity index is 648. The summed E-state index contributed by atoms with van der Waals surface area (Å²) in [6.07, 6.45) is 1.82. The number of carbonyl (C=O) groups is 2. The Morgan fingerprint density at radius 1 is 1.19 bits per heavy atom. The van der Waals surface area contributed by atoms with Crippen LogP contribution in [0.5, 0.6) is 0 Å². The molecule has 0 heterocycles. The van der Waals surface area contributed by atoms with Crippen LogP contribution >= 0.6 is 0 Å². The number of nitrogens with one attached hydrogen (secondary N) is 1. The van der Waals surface area contributed by atoms with E-state index in [2.05, 4.69) is 30.5 Å². The summed E-state index contributed by atoms with van der Waals surface area (Å²) < 4.78 is 10.2. The summed E-state index contributed by atoms with van der Waals surface area (Å²) in [6.45, 7) is 11.8. The maximum atomic E-state index is 12.2. The average molecular weight is 378 g/mol. The summed E-state index contributed by atoms with van der Waals surface area (Å²) in [4.78, 5) is 24.4. The van der Waals surface area contributed by atoms with Crippen LogP contribution in [0.15, 0.2) is 41.6 Å². The second-order valence-corrected chi connectivity index (χ2v) is 12.2. The highest BCUT2D eigenvalue weighted by Crippen LogP contribution is 2.21. The van der Waals surface area contributed by atoms with Crippen molar-refractivity contribution in [2.24, 2.45) is 0 Å². The van der Waals surface area contributed by atoms with E-state index in [0.29, 0.717) is 6.42 Å². The van der Waals surface area contributed by atoms with Crippen molar-refractivity contribution < 1.29 is 19.1 Å². The van der Waals surface area contributed by atoms with Crippen LogP contribution in [0.3, 0.4) is 0 Å². The minimum Gasteiger partial charge on any atom is -0.467 e. The van der Waals surface area contributed by atoms with Gasteiger partial charge in [0, 0.05) is 0 Å². The molecule has 26 heavy (non-hydrogen) atoms. The van der Waals surface area contributed by atoms with Crippen molar-refractivity contribution in [2.45, 2.75) is 58.9 Å². The highest BCUT2D eigenvalue weighted by molar-refractivity contribution is 6.95. The van der Waals surface area contributed by atoms with Crippen molar-refractivity contribution in [3.05, 3.63) is 41.6 Å². The fraction of sp³-hybridized carbons (Fsp3) is 0.500. The van der Waals surface area contributed by atoms with Crippen LogP contribution in [-0.2, 0) is 14.3 Å². The van der Waals surface area contributed by atoms with E-state index in [1.807, 2.05) is 31.2 Å². The van der Waals surface area contributed by atoms with Gasteiger partial charge in [0.2, 0.25) is 0 Å². The second kappa shape index (κ2) is 9.03. The van der Waals surface area contributed by atoms with Crippen LogP contribution in [0.1, 0.15) is 34.1 Å². The molecule has 1 aromatic carbocycles. The number of amides is 1. The SMILES string of the molecule is C/C=C(\CC(NC(=O)OC(C)(C)C)C(=O)OC)[Si](C)(C)c1ccccc1. The fourth-order valence-electron chi connectivity index (χ4n) is 2.78. The first kappa shape index (κ1) is 22.0. The van der Waals surface area contributed by atoms with Gasteiger partial charge in [0.1, 0.15) is 19.7 Å². The van der Waals surface area contributed by atoms with E-state index in [9.17, 15) is 9.59 Å². The van der Waals surface area contributed by atoms with Gasteiger partial charge in [0.05, 0.1) is 7.11 Å². The topological polar surface area (TPSA) is 64.6 Å². The molecular formula is C20H31NO4Si. The number of hydrogen-bond donors (Lipinski definition) is 1. The number of alkyl carbamates (subject to hydrolysis) is 1. The minimum atomic E-state index is -1.97. The number of ether oxygens (including phenoxy) is 2. The van der Waals surface area contributed by atoms with Crippen molar-refractivity contribution in [3.63, 3.8) is 0 Å². The lowest BCUT2D eigenvalue weighted by molar-refractivity contribution is -0.143. The van der Waals surface area contributed by atoms with Gasteiger partial charge in [0.25, 0.3) is 0 Å². The number of hydrogen-bond acceptors (Lipinski definition) is 4. The Hall–Kier alpha value is -2.08. The first-order valence-corrected chi connectivity index (χ1v) is 11.8. The number of rotatable bonds is 6.